The van der Waals surface area contributed by atoms with Crippen molar-refractivity contribution in [1.29, 1.82) is 0 Å². The summed E-state index contributed by atoms with van der Waals surface area (Å²) in [5.74, 6) is -0.546. The summed E-state index contributed by atoms with van der Waals surface area (Å²) in [6.45, 7) is 0. The van der Waals surface area contributed by atoms with Crippen LogP contribution >= 0.6 is 0 Å². The van der Waals surface area contributed by atoms with E-state index in [0.29, 0.717) is 5.56 Å². The minimum absolute atomic E-state index is 0.373. The molecule has 0 atom stereocenters. The first-order valence-electron chi connectivity index (χ1n) is 3.32. The maximum Gasteiger partial charge on any atom is 0.340 e. The highest BCUT2D eigenvalue weighted by molar-refractivity contribution is 6.03. The topological polar surface area (TPSA) is 70.0 Å². The molecule has 0 aliphatic heterocycles. The molecule has 4 heteroatoms. The minimum atomic E-state index is -1.09. The van der Waals surface area contributed by atoms with Crippen LogP contribution in [0.25, 0.3) is 0 Å². The largest absolute Gasteiger partial charge is 0.340 e. The van der Waals surface area contributed by atoms with Crippen molar-refractivity contribution in [2.45, 2.75) is 0 Å². The molecule has 0 heterocycles. The lowest BCUT2D eigenvalue weighted by Gasteiger charge is -1.97. The van der Waals surface area contributed by atoms with E-state index >= 15 is 0 Å². The summed E-state index contributed by atoms with van der Waals surface area (Å²) in [5, 5.41) is 1.85. The number of rotatable bonds is 1. The van der Waals surface area contributed by atoms with Gasteiger partial charge in [0.2, 0.25) is 0 Å². The van der Waals surface area contributed by atoms with E-state index in [1.807, 2.05) is 5.32 Å². The summed E-state index contributed by atoms with van der Waals surface area (Å²) in [6.07, 6.45) is 0. The maximum atomic E-state index is 11.0. The third-order valence-corrected chi connectivity index (χ3v) is 1.26. The summed E-state index contributed by atoms with van der Waals surface area (Å²) >= 11 is 0. The molecule has 1 aromatic carbocycles. The van der Waals surface area contributed by atoms with Crippen LogP contribution in [0.1, 0.15) is 10.4 Å². The molecule has 1 aromatic rings. The molecule has 0 fully saturated rings. The van der Waals surface area contributed by atoms with Crippen LogP contribution in [-0.4, -0.2) is 11.9 Å². The van der Waals surface area contributed by atoms with Gasteiger partial charge in [0.05, 0.1) is 0 Å². The van der Waals surface area contributed by atoms with E-state index in [2.05, 4.69) is 0 Å². The lowest BCUT2D eigenvalue weighted by Crippen LogP contribution is -2.29. The van der Waals surface area contributed by atoms with Gasteiger partial charge >= 0.3 is 6.03 Å². The van der Waals surface area contributed by atoms with Gasteiger partial charge in [-0.2, -0.15) is 0 Å². The molecule has 0 aromatic heterocycles. The first-order chi connectivity index (χ1) is 5.70. The van der Waals surface area contributed by atoms with Crippen LogP contribution in [0.3, 0.4) is 0 Å². The van der Waals surface area contributed by atoms with Crippen molar-refractivity contribution in [2.24, 2.45) is 0 Å². The number of amides is 3. The zero-order valence-electron chi connectivity index (χ0n) is 6.20. The number of nitrogens with one attached hydrogen (secondary N) is 2. The van der Waals surface area contributed by atoms with E-state index in [1.165, 1.54) is 0 Å². The second-order valence-electron chi connectivity index (χ2n) is 2.15. The Labute approximate surface area is 69.4 Å². The quantitative estimate of drug-likeness (QED) is 0.665. The molecular weight excluding hydrogens is 156 g/mol. The highest BCUT2D eigenvalue weighted by atomic mass is 16.2. The van der Waals surface area contributed by atoms with Gasteiger partial charge in [-0.05, 0) is 12.1 Å². The van der Waals surface area contributed by atoms with Crippen molar-refractivity contribution >= 4 is 11.9 Å². The molecule has 61 valence electrons. The van der Waals surface area contributed by atoms with Gasteiger partial charge in [0.25, 0.3) is 5.91 Å². The fourth-order valence-electron chi connectivity index (χ4n) is 0.765. The van der Waals surface area contributed by atoms with Crippen LogP contribution < -0.4 is 11.1 Å². The van der Waals surface area contributed by atoms with Crippen LogP contribution in [-0.2, 0) is 0 Å². The van der Waals surface area contributed by atoms with Gasteiger partial charge in [-0.3, -0.25) is 10.1 Å². The average Bonchev–Trinajstić information content (AvgIpc) is 2.05. The van der Waals surface area contributed by atoms with E-state index in [0.717, 1.165) is 0 Å². The fraction of sp³-hybridized carbons (Fsp3) is 0. The summed E-state index contributed by atoms with van der Waals surface area (Å²) in [7, 11) is 0. The number of carbonyl (C=O) groups excluding carboxylic acids is 2. The Hall–Kier alpha value is -1.84. The minimum Gasteiger partial charge on any atom is -0.273 e. The zero-order chi connectivity index (χ0) is 8.97. The molecule has 0 aliphatic carbocycles. The Balaban J connectivity index is 2.73. The van der Waals surface area contributed by atoms with Crippen LogP contribution in [0, 0.1) is 0 Å². The van der Waals surface area contributed by atoms with Crippen molar-refractivity contribution in [3.05, 3.63) is 35.9 Å². The molecule has 0 saturated heterocycles. The molecular formula is C8H7N2O2. The van der Waals surface area contributed by atoms with Gasteiger partial charge < -0.3 is 0 Å². The van der Waals surface area contributed by atoms with Crippen LogP contribution in [0.5, 0.6) is 0 Å². The zero-order valence-corrected chi connectivity index (χ0v) is 6.20. The van der Waals surface area contributed by atoms with E-state index in [1.54, 1.807) is 30.3 Å². The molecule has 12 heavy (non-hydrogen) atoms. The van der Waals surface area contributed by atoms with Gasteiger partial charge in [0.15, 0.2) is 0 Å². The standard InChI is InChI=1S/C8H7N2O2/c9-8(12)10-7(11)6-4-2-1-3-5-6/h1-5,9H,(H,10,11,12). The van der Waals surface area contributed by atoms with Crippen molar-refractivity contribution < 1.29 is 9.59 Å². The maximum absolute atomic E-state index is 11.0. The van der Waals surface area contributed by atoms with Gasteiger partial charge in [-0.25, -0.2) is 10.5 Å². The summed E-state index contributed by atoms with van der Waals surface area (Å²) < 4.78 is 0. The SMILES string of the molecule is [NH]C(=O)NC(=O)c1ccccc1. The number of hydrogen-bond donors (Lipinski definition) is 1. The monoisotopic (exact) mass is 163 g/mol. The van der Waals surface area contributed by atoms with Gasteiger partial charge in [-0.15, -0.1) is 0 Å². The second-order valence-corrected chi connectivity index (χ2v) is 2.15. The summed E-state index contributed by atoms with van der Waals surface area (Å²) in [5.41, 5.74) is 6.86. The number of imide groups is 1. The molecule has 0 unspecified atom stereocenters. The highest BCUT2D eigenvalue weighted by Crippen LogP contribution is 1.96. The van der Waals surface area contributed by atoms with E-state index in [-0.39, 0.29) is 0 Å². The summed E-state index contributed by atoms with van der Waals surface area (Å²) in [4.78, 5) is 21.2. The Bertz CT molecular complexity index is 295. The predicted molar refractivity (Wildman–Crippen MR) is 42.4 cm³/mol. The van der Waals surface area contributed by atoms with Gasteiger partial charge in [0.1, 0.15) is 0 Å². The smallest absolute Gasteiger partial charge is 0.273 e. The highest BCUT2D eigenvalue weighted by Gasteiger charge is 2.05. The number of benzene rings is 1. The average molecular weight is 163 g/mol. The third-order valence-electron chi connectivity index (χ3n) is 1.26. The van der Waals surface area contributed by atoms with Crippen molar-refractivity contribution in [2.75, 3.05) is 0 Å². The van der Waals surface area contributed by atoms with E-state index < -0.39 is 11.9 Å². The van der Waals surface area contributed by atoms with Crippen molar-refractivity contribution in [3.8, 4) is 0 Å². The molecule has 0 spiro atoms. The van der Waals surface area contributed by atoms with Crippen molar-refractivity contribution in [1.82, 2.24) is 11.1 Å². The lowest BCUT2D eigenvalue weighted by molar-refractivity contribution is 0.0966. The third kappa shape index (κ3) is 2.09. The van der Waals surface area contributed by atoms with Crippen molar-refractivity contribution in [3.63, 3.8) is 0 Å². The van der Waals surface area contributed by atoms with Crippen LogP contribution in [0.2, 0.25) is 0 Å². The second kappa shape index (κ2) is 3.52. The molecule has 3 amide bonds. The van der Waals surface area contributed by atoms with E-state index in [9.17, 15) is 9.59 Å². The molecule has 4 nitrogen and oxygen atoms in total. The number of urea groups is 1. The molecule has 1 rings (SSSR count). The Kier molecular flexibility index (Phi) is 2.42. The molecule has 0 bridgehead atoms. The lowest BCUT2D eigenvalue weighted by atomic mass is 10.2. The molecule has 2 N–H and O–H groups in total. The van der Waals surface area contributed by atoms with Gasteiger partial charge in [-0.1, -0.05) is 18.2 Å². The van der Waals surface area contributed by atoms with Crippen LogP contribution in [0.4, 0.5) is 4.79 Å². The molecule has 0 saturated carbocycles. The Morgan fingerprint density at radius 3 is 2.25 bits per heavy atom. The Morgan fingerprint density at radius 2 is 1.75 bits per heavy atom. The summed E-state index contributed by atoms with van der Waals surface area (Å²) in [6, 6.07) is 7.17. The predicted octanol–water partition coefficient (Wildman–Crippen LogP) is 0.819. The van der Waals surface area contributed by atoms with E-state index in [4.69, 9.17) is 5.73 Å². The molecule has 0 aliphatic rings. The fourth-order valence-corrected chi connectivity index (χ4v) is 0.765. The number of hydrogen-bond acceptors (Lipinski definition) is 2. The van der Waals surface area contributed by atoms with Crippen LogP contribution in [0.15, 0.2) is 30.3 Å². The van der Waals surface area contributed by atoms with Gasteiger partial charge in [0, 0.05) is 5.56 Å². The molecule has 1 radical (unpaired) electrons. The Morgan fingerprint density at radius 1 is 1.17 bits per heavy atom. The first-order valence-corrected chi connectivity index (χ1v) is 3.32. The normalized spacial score (nSPS) is 9.00. The number of carbonyl (C=O) groups is 2. The first kappa shape index (κ1) is 8.26.